The minimum absolute atomic E-state index is 0.0923. The van der Waals surface area contributed by atoms with Gasteiger partial charge in [-0.15, -0.1) is 0 Å². The maximum Gasteiger partial charge on any atom is 0.469 e. The fourth-order valence-electron chi connectivity index (χ4n) is 4.15. The van der Waals surface area contributed by atoms with Crippen LogP contribution in [0.15, 0.2) is 109 Å². The molecule has 0 fully saturated rings. The van der Waals surface area contributed by atoms with Crippen LogP contribution in [0.5, 0.6) is 5.75 Å². The average Bonchev–Trinajstić information content (AvgIpc) is 2.81. The summed E-state index contributed by atoms with van der Waals surface area (Å²) in [6, 6.07) is 35.2. The molecule has 3 N–H and O–H groups in total. The first kappa shape index (κ1) is 22.0. The third kappa shape index (κ3) is 4.38. The molecule has 0 spiro atoms. The second-order valence-electron chi connectivity index (χ2n) is 7.46. The minimum Gasteiger partial charge on any atom is -0.508 e. The molecule has 32 heavy (non-hydrogen) atoms. The summed E-state index contributed by atoms with van der Waals surface area (Å²) in [4.78, 5) is 18.3. The highest BCUT2D eigenvalue weighted by Crippen LogP contribution is 2.46. The first-order valence-corrected chi connectivity index (χ1v) is 11.6. The van der Waals surface area contributed by atoms with Gasteiger partial charge in [-0.1, -0.05) is 97.1 Å². The predicted molar refractivity (Wildman–Crippen MR) is 123 cm³/mol. The third-order valence-electron chi connectivity index (χ3n) is 5.52. The van der Waals surface area contributed by atoms with Crippen LogP contribution in [0.1, 0.15) is 27.8 Å². The van der Waals surface area contributed by atoms with Crippen LogP contribution in [-0.2, 0) is 21.1 Å². The van der Waals surface area contributed by atoms with E-state index < -0.39 is 19.8 Å². The molecular formula is C26H23O5P. The van der Waals surface area contributed by atoms with E-state index in [1.807, 2.05) is 60.7 Å². The number of phosphoric acid groups is 1. The van der Waals surface area contributed by atoms with E-state index in [1.54, 1.807) is 6.07 Å². The van der Waals surface area contributed by atoms with Crippen LogP contribution in [0.3, 0.4) is 0 Å². The molecule has 4 rings (SSSR count). The topological polar surface area (TPSA) is 87.0 Å². The van der Waals surface area contributed by atoms with Gasteiger partial charge in [0.1, 0.15) is 5.75 Å². The molecule has 0 saturated carbocycles. The van der Waals surface area contributed by atoms with E-state index in [-0.39, 0.29) is 11.3 Å². The van der Waals surface area contributed by atoms with E-state index in [0.29, 0.717) is 0 Å². The van der Waals surface area contributed by atoms with Crippen molar-refractivity contribution in [3.8, 4) is 5.75 Å². The van der Waals surface area contributed by atoms with Gasteiger partial charge in [-0.2, -0.15) is 0 Å². The van der Waals surface area contributed by atoms with E-state index in [4.69, 9.17) is 9.79 Å². The van der Waals surface area contributed by atoms with Crippen molar-refractivity contribution in [1.29, 1.82) is 0 Å². The highest BCUT2D eigenvalue weighted by Gasteiger charge is 2.38. The summed E-state index contributed by atoms with van der Waals surface area (Å²) >= 11 is 0. The van der Waals surface area contributed by atoms with Crippen LogP contribution >= 0.6 is 7.82 Å². The third-order valence-corrected chi connectivity index (χ3v) is 5.99. The highest BCUT2D eigenvalue weighted by atomic mass is 31.2. The number of phenolic OH excluding ortho intramolecular Hbond substituents is 1. The Morgan fingerprint density at radius 3 is 1.50 bits per heavy atom. The molecule has 5 nitrogen and oxygen atoms in total. The lowest BCUT2D eigenvalue weighted by Gasteiger charge is -2.37. The Bertz CT molecular complexity index is 1120. The van der Waals surface area contributed by atoms with Crippen LogP contribution in [0.4, 0.5) is 0 Å². The van der Waals surface area contributed by atoms with Crippen molar-refractivity contribution in [2.24, 2.45) is 0 Å². The molecule has 4 aromatic carbocycles. The lowest BCUT2D eigenvalue weighted by atomic mass is 9.65. The molecule has 162 valence electrons. The molecular weight excluding hydrogens is 423 g/mol. The Morgan fingerprint density at radius 1 is 0.656 bits per heavy atom. The first-order valence-electron chi connectivity index (χ1n) is 10.1. The van der Waals surface area contributed by atoms with Gasteiger partial charge in [0, 0.05) is 5.56 Å². The van der Waals surface area contributed by atoms with E-state index in [9.17, 15) is 9.67 Å². The van der Waals surface area contributed by atoms with E-state index in [1.165, 1.54) is 6.07 Å². The zero-order chi connectivity index (χ0) is 22.6. The number of aromatic hydroxyl groups is 1. The summed E-state index contributed by atoms with van der Waals surface area (Å²) in [5.41, 5.74) is 3.45. The second-order valence-corrected chi connectivity index (χ2v) is 8.69. The number of hydrogen-bond acceptors (Lipinski definition) is 3. The maximum absolute atomic E-state index is 11.3. The second kappa shape index (κ2) is 9.11. The molecule has 0 amide bonds. The standard InChI is InChI=1S/C26H23O5P/c27-25-17-16-24(18-20(25)19-31-32(28,29)30)26(21-10-4-1-5-11-21,22-12-6-2-7-13-22)23-14-8-3-9-15-23/h1-18,27H,19H2,(H2,28,29,30). The zero-order valence-electron chi connectivity index (χ0n) is 17.2. The molecule has 4 aromatic rings. The smallest absolute Gasteiger partial charge is 0.469 e. The fraction of sp³-hybridized carbons (Fsp3) is 0.0769. The fourth-order valence-corrected chi connectivity index (χ4v) is 4.46. The summed E-state index contributed by atoms with van der Waals surface area (Å²) in [5, 5.41) is 10.4. The molecule has 0 aromatic heterocycles. The van der Waals surface area contributed by atoms with Gasteiger partial charge in [0.2, 0.25) is 0 Å². The van der Waals surface area contributed by atoms with E-state index >= 15 is 0 Å². The van der Waals surface area contributed by atoms with Crippen molar-refractivity contribution in [3.63, 3.8) is 0 Å². The summed E-state index contributed by atoms with van der Waals surface area (Å²) in [5.74, 6) is -0.0923. The molecule has 0 saturated heterocycles. The van der Waals surface area contributed by atoms with E-state index in [0.717, 1.165) is 22.3 Å². The monoisotopic (exact) mass is 446 g/mol. The number of hydrogen-bond donors (Lipinski definition) is 3. The predicted octanol–water partition coefficient (Wildman–Crippen LogP) is 5.38. The van der Waals surface area contributed by atoms with Crippen molar-refractivity contribution in [3.05, 3.63) is 137 Å². The molecule has 0 unspecified atom stereocenters. The molecule has 0 heterocycles. The van der Waals surface area contributed by atoms with Crippen LogP contribution < -0.4 is 0 Å². The Kier molecular flexibility index (Phi) is 6.26. The van der Waals surface area contributed by atoms with Crippen LogP contribution in [0.2, 0.25) is 0 Å². The lowest BCUT2D eigenvalue weighted by Crippen LogP contribution is -2.31. The van der Waals surface area contributed by atoms with Crippen molar-refractivity contribution >= 4 is 7.82 Å². The van der Waals surface area contributed by atoms with Crippen LogP contribution in [0.25, 0.3) is 0 Å². The van der Waals surface area contributed by atoms with Crippen molar-refractivity contribution in [2.45, 2.75) is 12.0 Å². The molecule has 0 aliphatic rings. The number of rotatable bonds is 7. The SMILES string of the molecule is O=P(O)(O)OCc1cc(C(c2ccccc2)(c2ccccc2)c2ccccc2)ccc1O. The van der Waals surface area contributed by atoms with Gasteiger partial charge in [0.25, 0.3) is 0 Å². The Balaban J connectivity index is 2.02. The highest BCUT2D eigenvalue weighted by molar-refractivity contribution is 7.46. The number of phosphoric ester groups is 1. The first-order chi connectivity index (χ1) is 15.4. The minimum atomic E-state index is -4.69. The molecule has 0 radical (unpaired) electrons. The maximum atomic E-state index is 11.3. The average molecular weight is 446 g/mol. The summed E-state index contributed by atoms with van der Waals surface area (Å²) in [6.45, 7) is -0.418. The van der Waals surface area contributed by atoms with Crippen LogP contribution in [0, 0.1) is 0 Å². The van der Waals surface area contributed by atoms with Gasteiger partial charge in [0.15, 0.2) is 0 Å². The van der Waals surface area contributed by atoms with Gasteiger partial charge in [0.05, 0.1) is 12.0 Å². The molecule has 0 bridgehead atoms. The molecule has 0 aliphatic heterocycles. The van der Waals surface area contributed by atoms with E-state index in [2.05, 4.69) is 40.9 Å². The lowest BCUT2D eigenvalue weighted by molar-refractivity contribution is 0.187. The number of benzene rings is 4. The van der Waals surface area contributed by atoms with Crippen molar-refractivity contribution in [2.75, 3.05) is 0 Å². The Morgan fingerprint density at radius 2 is 1.09 bits per heavy atom. The zero-order valence-corrected chi connectivity index (χ0v) is 18.1. The van der Waals surface area contributed by atoms with Gasteiger partial charge < -0.3 is 14.9 Å². The van der Waals surface area contributed by atoms with Gasteiger partial charge in [-0.05, 0) is 34.4 Å². The van der Waals surface area contributed by atoms with Crippen LogP contribution in [-0.4, -0.2) is 14.9 Å². The van der Waals surface area contributed by atoms with Crippen molar-refractivity contribution in [1.82, 2.24) is 0 Å². The van der Waals surface area contributed by atoms with Gasteiger partial charge in [-0.25, -0.2) is 4.57 Å². The largest absolute Gasteiger partial charge is 0.508 e. The summed E-state index contributed by atoms with van der Waals surface area (Å²) in [7, 11) is -4.69. The van der Waals surface area contributed by atoms with Gasteiger partial charge >= 0.3 is 7.82 Å². The van der Waals surface area contributed by atoms with Gasteiger partial charge in [-0.3, -0.25) is 4.52 Å². The quantitative estimate of drug-likeness (QED) is 0.262. The Labute approximate surface area is 186 Å². The normalized spacial score (nSPS) is 11.9. The summed E-state index contributed by atoms with van der Waals surface area (Å²) < 4.78 is 15.9. The Hall–Kier alpha value is -3.21. The molecule has 0 aliphatic carbocycles. The molecule has 6 heteroatoms. The molecule has 0 atom stereocenters. The summed E-state index contributed by atoms with van der Waals surface area (Å²) in [6.07, 6.45) is 0. The number of phenols is 1. The van der Waals surface area contributed by atoms with Crippen molar-refractivity contribution < 1.29 is 24.0 Å².